The Hall–Kier alpha value is -1.35. The first-order valence-electron chi connectivity index (χ1n) is 7.41. The fourth-order valence-electron chi connectivity index (χ4n) is 2.85. The average Bonchev–Trinajstić information content (AvgIpc) is 2.43. The molecule has 2 rings (SSSR count). The van der Waals surface area contributed by atoms with Crippen molar-refractivity contribution in [2.45, 2.75) is 39.2 Å². The number of carbonyl (C=O) groups excluding carboxylic acids is 1. The zero-order valence-electron chi connectivity index (χ0n) is 12.4. The number of halogens is 2. The highest BCUT2D eigenvalue weighted by Crippen LogP contribution is 2.29. The second-order valence-corrected chi connectivity index (χ2v) is 6.26. The minimum absolute atomic E-state index is 0.194. The molecule has 2 nitrogen and oxygen atoms in total. The van der Waals surface area contributed by atoms with Gasteiger partial charge in [-0.1, -0.05) is 44.4 Å². The van der Waals surface area contributed by atoms with E-state index in [4.69, 9.17) is 11.6 Å². The minimum Gasteiger partial charge on any atom is -0.350 e. The summed E-state index contributed by atoms with van der Waals surface area (Å²) in [5.41, 5.74) is 0.249. The third-order valence-electron chi connectivity index (χ3n) is 4.44. The SMILES string of the molecule is CC1CCCC(NC(=O)/C=C/c2c(F)cccc2Cl)C1C. The van der Waals surface area contributed by atoms with E-state index in [0.29, 0.717) is 16.9 Å². The number of benzene rings is 1. The molecule has 1 fully saturated rings. The van der Waals surface area contributed by atoms with Crippen LogP contribution in [-0.2, 0) is 4.79 Å². The quantitative estimate of drug-likeness (QED) is 0.822. The topological polar surface area (TPSA) is 29.1 Å². The van der Waals surface area contributed by atoms with E-state index in [9.17, 15) is 9.18 Å². The van der Waals surface area contributed by atoms with Gasteiger partial charge in [-0.2, -0.15) is 0 Å². The van der Waals surface area contributed by atoms with Crippen molar-refractivity contribution in [1.82, 2.24) is 5.32 Å². The number of rotatable bonds is 3. The summed E-state index contributed by atoms with van der Waals surface area (Å²) in [5.74, 6) is 0.466. The summed E-state index contributed by atoms with van der Waals surface area (Å²) in [6, 6.07) is 4.67. The van der Waals surface area contributed by atoms with Gasteiger partial charge in [-0.3, -0.25) is 4.79 Å². The summed E-state index contributed by atoms with van der Waals surface area (Å²) < 4.78 is 13.6. The van der Waals surface area contributed by atoms with Gasteiger partial charge in [0.05, 0.1) is 5.02 Å². The Morgan fingerprint density at radius 3 is 2.86 bits per heavy atom. The van der Waals surface area contributed by atoms with Crippen LogP contribution in [0.1, 0.15) is 38.7 Å². The van der Waals surface area contributed by atoms with Crippen LogP contribution >= 0.6 is 11.6 Å². The fraction of sp³-hybridized carbons (Fsp3) is 0.471. The maximum Gasteiger partial charge on any atom is 0.244 e. The summed E-state index contributed by atoms with van der Waals surface area (Å²) in [6.45, 7) is 4.39. The zero-order valence-corrected chi connectivity index (χ0v) is 13.2. The first kappa shape index (κ1) is 16.0. The third-order valence-corrected chi connectivity index (χ3v) is 4.77. The molecule has 4 heteroatoms. The lowest BCUT2D eigenvalue weighted by atomic mass is 9.78. The van der Waals surface area contributed by atoms with Crippen molar-refractivity contribution >= 4 is 23.6 Å². The van der Waals surface area contributed by atoms with Crippen LogP contribution in [0.5, 0.6) is 0 Å². The van der Waals surface area contributed by atoms with Crippen LogP contribution in [0.25, 0.3) is 6.08 Å². The predicted molar refractivity (Wildman–Crippen MR) is 84.6 cm³/mol. The molecule has 1 aliphatic carbocycles. The van der Waals surface area contributed by atoms with Crippen LogP contribution in [-0.4, -0.2) is 11.9 Å². The largest absolute Gasteiger partial charge is 0.350 e. The summed E-state index contributed by atoms with van der Waals surface area (Å²) in [6.07, 6.45) is 6.15. The molecule has 1 saturated carbocycles. The highest BCUT2D eigenvalue weighted by molar-refractivity contribution is 6.32. The maximum absolute atomic E-state index is 13.6. The van der Waals surface area contributed by atoms with Gasteiger partial charge in [0.25, 0.3) is 0 Å². The van der Waals surface area contributed by atoms with E-state index in [0.717, 1.165) is 12.8 Å². The molecule has 0 aliphatic heterocycles. The highest BCUT2D eigenvalue weighted by Gasteiger charge is 2.27. The van der Waals surface area contributed by atoms with E-state index in [1.165, 1.54) is 24.6 Å². The molecular weight excluding hydrogens is 289 g/mol. The lowest BCUT2D eigenvalue weighted by Crippen LogP contribution is -2.43. The van der Waals surface area contributed by atoms with Crippen LogP contribution in [0.2, 0.25) is 5.02 Å². The van der Waals surface area contributed by atoms with Crippen LogP contribution in [0, 0.1) is 17.7 Å². The molecule has 1 N–H and O–H groups in total. The molecular formula is C17H21ClFNO. The molecule has 1 amide bonds. The molecule has 0 aromatic heterocycles. The molecule has 0 spiro atoms. The lowest BCUT2D eigenvalue weighted by Gasteiger charge is -2.34. The lowest BCUT2D eigenvalue weighted by molar-refractivity contribution is -0.117. The van der Waals surface area contributed by atoms with Crippen LogP contribution in [0.15, 0.2) is 24.3 Å². The Kier molecular flexibility index (Phi) is 5.40. The first-order chi connectivity index (χ1) is 9.99. The van der Waals surface area contributed by atoms with Crippen molar-refractivity contribution in [3.05, 3.63) is 40.7 Å². The molecule has 1 aromatic carbocycles. The molecule has 114 valence electrons. The molecule has 0 bridgehead atoms. The Labute approximate surface area is 130 Å². The van der Waals surface area contributed by atoms with Crippen molar-refractivity contribution in [3.8, 4) is 0 Å². The zero-order chi connectivity index (χ0) is 15.4. The predicted octanol–water partition coefficient (Wildman–Crippen LogP) is 4.43. The van der Waals surface area contributed by atoms with Gasteiger partial charge in [0.1, 0.15) is 5.82 Å². The standard InChI is InChI=1S/C17H21ClFNO/c1-11-5-3-8-16(12(11)2)20-17(21)10-9-13-14(18)6-4-7-15(13)19/h4,6-7,9-12,16H,3,5,8H2,1-2H3,(H,20,21)/b10-9+. The number of amides is 1. The highest BCUT2D eigenvalue weighted by atomic mass is 35.5. The average molecular weight is 310 g/mol. The van der Waals surface area contributed by atoms with Crippen molar-refractivity contribution < 1.29 is 9.18 Å². The Morgan fingerprint density at radius 1 is 1.38 bits per heavy atom. The third kappa shape index (κ3) is 4.07. The smallest absolute Gasteiger partial charge is 0.244 e. The van der Waals surface area contributed by atoms with E-state index in [2.05, 4.69) is 19.2 Å². The molecule has 3 atom stereocenters. The maximum atomic E-state index is 13.6. The van der Waals surface area contributed by atoms with Crippen LogP contribution in [0.3, 0.4) is 0 Å². The molecule has 0 saturated heterocycles. The van der Waals surface area contributed by atoms with Crippen LogP contribution < -0.4 is 5.32 Å². The number of nitrogens with one attached hydrogen (secondary N) is 1. The van der Waals surface area contributed by atoms with Crippen molar-refractivity contribution in [1.29, 1.82) is 0 Å². The van der Waals surface area contributed by atoms with Gasteiger partial charge in [-0.05, 0) is 36.5 Å². The second kappa shape index (κ2) is 7.08. The monoisotopic (exact) mass is 309 g/mol. The van der Waals surface area contributed by atoms with Crippen molar-refractivity contribution in [3.63, 3.8) is 0 Å². The first-order valence-corrected chi connectivity index (χ1v) is 7.79. The Bertz CT molecular complexity index is 523. The summed E-state index contributed by atoms with van der Waals surface area (Å²) >= 11 is 5.92. The van der Waals surface area contributed by atoms with Gasteiger partial charge in [0, 0.05) is 17.7 Å². The van der Waals surface area contributed by atoms with Gasteiger partial charge < -0.3 is 5.32 Å². The van der Waals surface area contributed by atoms with Crippen molar-refractivity contribution in [2.24, 2.45) is 11.8 Å². The van der Waals surface area contributed by atoms with E-state index in [1.54, 1.807) is 12.1 Å². The van der Waals surface area contributed by atoms with E-state index < -0.39 is 5.82 Å². The Balaban J connectivity index is 2.00. The number of hydrogen-bond donors (Lipinski definition) is 1. The van der Waals surface area contributed by atoms with E-state index >= 15 is 0 Å². The molecule has 1 aromatic rings. The molecule has 21 heavy (non-hydrogen) atoms. The van der Waals surface area contributed by atoms with Gasteiger partial charge in [0.2, 0.25) is 5.91 Å². The molecule has 0 radical (unpaired) electrons. The van der Waals surface area contributed by atoms with Gasteiger partial charge in [-0.25, -0.2) is 4.39 Å². The molecule has 3 unspecified atom stereocenters. The fourth-order valence-corrected chi connectivity index (χ4v) is 3.07. The molecule has 1 aliphatic rings. The van der Waals surface area contributed by atoms with E-state index in [-0.39, 0.29) is 17.5 Å². The Morgan fingerprint density at radius 2 is 2.14 bits per heavy atom. The van der Waals surface area contributed by atoms with Crippen molar-refractivity contribution in [2.75, 3.05) is 0 Å². The molecule has 0 heterocycles. The number of hydrogen-bond acceptors (Lipinski definition) is 1. The van der Waals surface area contributed by atoms with Crippen LogP contribution in [0.4, 0.5) is 4.39 Å². The normalized spacial score (nSPS) is 26.0. The minimum atomic E-state index is -0.425. The van der Waals surface area contributed by atoms with Gasteiger partial charge >= 0.3 is 0 Å². The van der Waals surface area contributed by atoms with Gasteiger partial charge in [-0.15, -0.1) is 0 Å². The summed E-state index contributed by atoms with van der Waals surface area (Å²) in [7, 11) is 0. The summed E-state index contributed by atoms with van der Waals surface area (Å²) in [4.78, 5) is 12.0. The summed E-state index contributed by atoms with van der Waals surface area (Å²) in [5, 5.41) is 3.32. The van der Waals surface area contributed by atoms with Gasteiger partial charge in [0.15, 0.2) is 0 Å². The second-order valence-electron chi connectivity index (χ2n) is 5.85. The number of carbonyl (C=O) groups is 1. The van der Waals surface area contributed by atoms with E-state index in [1.807, 2.05) is 0 Å².